The molecule has 9 heteroatoms. The molecule has 126 valence electrons. The molecule has 0 saturated carbocycles. The molecule has 0 spiro atoms. The smallest absolute Gasteiger partial charge is 0.322 e. The highest BCUT2D eigenvalue weighted by Crippen LogP contribution is 2.26. The van der Waals surface area contributed by atoms with E-state index in [-0.39, 0.29) is 26.8 Å². The summed E-state index contributed by atoms with van der Waals surface area (Å²) in [6.45, 7) is 0. The van der Waals surface area contributed by atoms with E-state index >= 15 is 0 Å². The SMILES string of the molecule is [2H]c1[nH]c2c([2H])c([2H])c([2H])c([2H])c2c1C[C@@H](NS(=O)(=O)c1ccc(Br)s1)C(=O)O. The zero-order valence-electron chi connectivity index (χ0n) is 16.8. The summed E-state index contributed by atoms with van der Waals surface area (Å²) >= 11 is 4.04. The van der Waals surface area contributed by atoms with Gasteiger partial charge in [0.25, 0.3) is 10.0 Å². The van der Waals surface area contributed by atoms with Gasteiger partial charge in [0.1, 0.15) is 10.3 Å². The normalized spacial score (nSPS) is 16.1. The molecule has 1 aromatic carbocycles. The number of H-pyrrole nitrogens is 1. The number of nitrogens with one attached hydrogen (secondary N) is 2. The van der Waals surface area contributed by atoms with Crippen LogP contribution in [0.2, 0.25) is 0 Å². The molecular weight excluding hydrogens is 416 g/mol. The second kappa shape index (κ2) is 6.67. The van der Waals surface area contributed by atoms with Crippen molar-refractivity contribution < 1.29 is 25.2 Å². The molecule has 0 amide bonds. The van der Waals surface area contributed by atoms with Gasteiger partial charge >= 0.3 is 5.97 Å². The van der Waals surface area contributed by atoms with Gasteiger partial charge in [0, 0.05) is 23.5 Å². The first kappa shape index (κ1) is 11.8. The van der Waals surface area contributed by atoms with Crippen molar-refractivity contribution in [1.82, 2.24) is 9.71 Å². The molecule has 6 nitrogen and oxygen atoms in total. The summed E-state index contributed by atoms with van der Waals surface area (Å²) in [4.78, 5) is 14.2. The lowest BCUT2D eigenvalue weighted by Crippen LogP contribution is -2.41. The number of sulfonamides is 1. The third-order valence-corrected chi connectivity index (χ3v) is 6.73. The first-order valence-corrected chi connectivity index (χ1v) is 9.61. The fourth-order valence-corrected chi connectivity index (χ4v) is 5.27. The molecule has 24 heavy (non-hydrogen) atoms. The Bertz CT molecular complexity index is 1240. The maximum Gasteiger partial charge on any atom is 0.322 e. The van der Waals surface area contributed by atoms with E-state index in [1.165, 1.54) is 12.1 Å². The largest absolute Gasteiger partial charge is 0.480 e. The minimum Gasteiger partial charge on any atom is -0.480 e. The van der Waals surface area contributed by atoms with E-state index in [1.807, 2.05) is 0 Å². The zero-order chi connectivity index (χ0) is 21.7. The fraction of sp³-hybridized carbons (Fsp3) is 0.133. The van der Waals surface area contributed by atoms with Crippen molar-refractivity contribution in [3.8, 4) is 0 Å². The maximum atomic E-state index is 12.5. The number of carboxylic acids is 1. The minimum atomic E-state index is -4.15. The second-order valence-corrected chi connectivity index (χ2v) is 9.16. The number of carboxylic acid groups (broad SMARTS) is 1. The summed E-state index contributed by atoms with van der Waals surface area (Å²) in [5.74, 6) is -1.49. The standard InChI is InChI=1S/C15H13BrN2O4S2/c16-13-5-6-14(23-13)24(21,22)18-12(15(19)20)7-9-8-17-11-4-2-1-3-10(9)11/h1-6,8,12,17-18H,7H2,(H,19,20)/t12-/m1/s1/i1D,2D,3D,4D,8D. The molecule has 2 heterocycles. The molecule has 0 bridgehead atoms. The van der Waals surface area contributed by atoms with Gasteiger partial charge in [-0.3, -0.25) is 4.79 Å². The number of aromatic amines is 1. The number of benzene rings is 1. The number of thiophene rings is 1. The van der Waals surface area contributed by atoms with Gasteiger partial charge in [0.15, 0.2) is 0 Å². The number of rotatable bonds is 6. The van der Waals surface area contributed by atoms with Crippen molar-refractivity contribution in [2.75, 3.05) is 0 Å². The molecule has 0 aliphatic heterocycles. The maximum absolute atomic E-state index is 12.5. The summed E-state index contributed by atoms with van der Waals surface area (Å²) in [7, 11) is -4.15. The molecule has 3 aromatic rings. The van der Waals surface area contributed by atoms with Gasteiger partial charge in [0.2, 0.25) is 0 Å². The van der Waals surface area contributed by atoms with E-state index in [9.17, 15) is 18.3 Å². The van der Waals surface area contributed by atoms with Crippen LogP contribution in [0.1, 0.15) is 12.4 Å². The third-order valence-electron chi connectivity index (χ3n) is 3.14. The van der Waals surface area contributed by atoms with E-state index in [2.05, 4.69) is 25.6 Å². The van der Waals surface area contributed by atoms with Crippen LogP contribution < -0.4 is 4.72 Å². The molecule has 3 N–H and O–H groups in total. The monoisotopic (exact) mass is 433 g/mol. The Hall–Kier alpha value is -1.68. The number of aliphatic carboxylic acids is 1. The molecular formula is C15H13BrN2O4S2. The van der Waals surface area contributed by atoms with Gasteiger partial charge < -0.3 is 10.1 Å². The number of fused-ring (bicyclic) bond motifs is 1. The average Bonchev–Trinajstić information content (AvgIpc) is 3.22. The Balaban J connectivity index is 2.05. The molecule has 0 aliphatic carbocycles. The van der Waals surface area contributed by atoms with Gasteiger partial charge in [-0.2, -0.15) is 4.72 Å². The molecule has 0 unspecified atom stereocenters. The van der Waals surface area contributed by atoms with Gasteiger partial charge in [-0.25, -0.2) is 8.42 Å². The van der Waals surface area contributed by atoms with E-state index in [0.29, 0.717) is 3.79 Å². The van der Waals surface area contributed by atoms with Crippen LogP contribution in [0.5, 0.6) is 0 Å². The quantitative estimate of drug-likeness (QED) is 0.556. The predicted molar refractivity (Wildman–Crippen MR) is 95.8 cm³/mol. The predicted octanol–water partition coefficient (Wildman–Crippen LogP) is 2.97. The highest BCUT2D eigenvalue weighted by Gasteiger charge is 2.27. The van der Waals surface area contributed by atoms with Crippen molar-refractivity contribution in [3.63, 3.8) is 0 Å². The first-order chi connectivity index (χ1) is 13.4. The van der Waals surface area contributed by atoms with E-state index < -0.39 is 52.6 Å². The average molecular weight is 434 g/mol. The number of halogens is 1. The number of hydrogen-bond acceptors (Lipinski definition) is 4. The van der Waals surface area contributed by atoms with Crippen molar-refractivity contribution in [1.29, 1.82) is 0 Å². The summed E-state index contributed by atoms with van der Waals surface area (Å²) < 4.78 is 67.1. The highest BCUT2D eigenvalue weighted by molar-refractivity contribution is 9.11. The minimum absolute atomic E-state index is 0.0190. The Morgan fingerprint density at radius 3 is 2.83 bits per heavy atom. The van der Waals surface area contributed by atoms with Gasteiger partial charge in [0.05, 0.1) is 10.6 Å². The summed E-state index contributed by atoms with van der Waals surface area (Å²) in [6, 6.07) is -0.673. The van der Waals surface area contributed by atoms with E-state index in [4.69, 9.17) is 6.85 Å². The molecule has 0 radical (unpaired) electrons. The Labute approximate surface area is 157 Å². The molecule has 3 rings (SSSR count). The number of para-hydroxylation sites is 1. The molecule has 0 saturated heterocycles. The van der Waals surface area contributed by atoms with Gasteiger partial charge in [-0.15, -0.1) is 11.3 Å². The molecule has 0 fully saturated rings. The van der Waals surface area contributed by atoms with Crippen LogP contribution in [0, 0.1) is 0 Å². The summed E-state index contributed by atoms with van der Waals surface area (Å²) in [5.41, 5.74) is -0.0559. The van der Waals surface area contributed by atoms with E-state index in [1.54, 1.807) is 0 Å². The summed E-state index contributed by atoms with van der Waals surface area (Å²) in [5, 5.41) is 9.48. The van der Waals surface area contributed by atoms with Gasteiger partial charge in [-0.05, 0) is 39.7 Å². The van der Waals surface area contributed by atoms with Crippen LogP contribution >= 0.6 is 27.3 Å². The van der Waals surface area contributed by atoms with Crippen LogP contribution in [0.4, 0.5) is 0 Å². The zero-order valence-corrected chi connectivity index (χ0v) is 15.0. The van der Waals surface area contributed by atoms with Crippen LogP contribution in [-0.2, 0) is 21.2 Å². The van der Waals surface area contributed by atoms with Crippen molar-refractivity contribution in [2.45, 2.75) is 16.7 Å². The topological polar surface area (TPSA) is 99.3 Å². The van der Waals surface area contributed by atoms with Crippen LogP contribution in [0.3, 0.4) is 0 Å². The van der Waals surface area contributed by atoms with E-state index in [0.717, 1.165) is 11.3 Å². The highest BCUT2D eigenvalue weighted by atomic mass is 79.9. The number of hydrogen-bond donors (Lipinski definition) is 3. The van der Waals surface area contributed by atoms with Crippen molar-refractivity contribution >= 4 is 54.2 Å². The van der Waals surface area contributed by atoms with Crippen LogP contribution in [0.25, 0.3) is 10.9 Å². The Morgan fingerprint density at radius 2 is 2.17 bits per heavy atom. The lowest BCUT2D eigenvalue weighted by atomic mass is 10.1. The lowest BCUT2D eigenvalue weighted by Gasteiger charge is -2.13. The molecule has 2 aromatic heterocycles. The molecule has 1 atom stereocenters. The number of aromatic nitrogens is 1. The van der Waals surface area contributed by atoms with Gasteiger partial charge in [-0.1, -0.05) is 18.1 Å². The Morgan fingerprint density at radius 1 is 1.42 bits per heavy atom. The fourth-order valence-electron chi connectivity index (χ4n) is 2.06. The lowest BCUT2D eigenvalue weighted by molar-refractivity contribution is -0.138. The first-order valence-electron chi connectivity index (χ1n) is 9.02. The van der Waals surface area contributed by atoms with Crippen LogP contribution in [0.15, 0.2) is 50.5 Å². The Kier molecular flexibility index (Phi) is 3.28. The second-order valence-electron chi connectivity index (χ2n) is 4.75. The summed E-state index contributed by atoms with van der Waals surface area (Å²) in [6.07, 6.45) is -0.793. The van der Waals surface area contributed by atoms with Crippen molar-refractivity contribution in [3.05, 3.63) is 51.8 Å². The van der Waals surface area contributed by atoms with Crippen LogP contribution in [-0.4, -0.2) is 30.5 Å². The third kappa shape index (κ3) is 3.54. The van der Waals surface area contributed by atoms with Crippen molar-refractivity contribution in [2.24, 2.45) is 0 Å². The molecule has 0 aliphatic rings. The number of carbonyl (C=O) groups is 1.